The topological polar surface area (TPSA) is 59.2 Å². The van der Waals surface area contributed by atoms with Gasteiger partial charge in [0.15, 0.2) is 5.82 Å². The van der Waals surface area contributed by atoms with Crippen molar-refractivity contribution in [3.63, 3.8) is 0 Å². The molecule has 0 spiro atoms. The number of aliphatic hydroxyl groups is 1. The van der Waals surface area contributed by atoms with Crippen molar-refractivity contribution in [2.75, 3.05) is 0 Å². The highest BCUT2D eigenvalue weighted by Gasteiger charge is 2.08. The van der Waals surface area contributed by atoms with Crippen LogP contribution in [0.25, 0.3) is 0 Å². The molecular formula is C13H15FN2O2. The quantitative estimate of drug-likeness (QED) is 0.883. The molecule has 0 aliphatic heterocycles. The average molecular weight is 250 g/mol. The number of benzene rings is 1. The average Bonchev–Trinajstić information content (AvgIpc) is 2.74. The Morgan fingerprint density at radius 2 is 2.28 bits per heavy atom. The maximum absolute atomic E-state index is 13.0. The van der Waals surface area contributed by atoms with Crippen molar-refractivity contribution < 1.29 is 14.0 Å². The first kappa shape index (κ1) is 12.7. The summed E-state index contributed by atoms with van der Waals surface area (Å²) < 4.78 is 18.0. The van der Waals surface area contributed by atoms with Crippen molar-refractivity contribution in [2.24, 2.45) is 0 Å². The Balaban J connectivity index is 1.98. The van der Waals surface area contributed by atoms with Gasteiger partial charge in [0.2, 0.25) is 5.89 Å². The Kier molecular flexibility index (Phi) is 4.04. The third kappa shape index (κ3) is 3.63. The van der Waals surface area contributed by atoms with Crippen LogP contribution in [0.2, 0.25) is 0 Å². The molecule has 0 aliphatic rings. The molecule has 0 radical (unpaired) electrons. The van der Waals surface area contributed by atoms with Crippen LogP contribution in [0.4, 0.5) is 4.39 Å². The summed E-state index contributed by atoms with van der Waals surface area (Å²) in [5.41, 5.74) is 0.804. The highest BCUT2D eigenvalue weighted by molar-refractivity contribution is 5.19. The molecule has 0 aliphatic carbocycles. The van der Waals surface area contributed by atoms with Crippen molar-refractivity contribution in [1.82, 2.24) is 10.1 Å². The van der Waals surface area contributed by atoms with Crippen LogP contribution >= 0.6 is 0 Å². The van der Waals surface area contributed by atoms with Gasteiger partial charge in [-0.3, -0.25) is 0 Å². The predicted molar refractivity (Wildman–Crippen MR) is 63.5 cm³/mol. The van der Waals surface area contributed by atoms with Gasteiger partial charge in [0.05, 0.1) is 6.10 Å². The summed E-state index contributed by atoms with van der Waals surface area (Å²) in [4.78, 5) is 4.20. The SMILES string of the molecule is CC(O)CCc1nc(Cc2cccc(F)c2)no1. The summed E-state index contributed by atoms with van der Waals surface area (Å²) in [5.74, 6) is 0.758. The molecule has 1 aromatic carbocycles. The molecule has 5 heteroatoms. The minimum atomic E-state index is -0.386. The normalized spacial score (nSPS) is 12.6. The zero-order valence-corrected chi connectivity index (χ0v) is 10.1. The number of nitrogens with zero attached hydrogens (tertiary/aromatic N) is 2. The monoisotopic (exact) mass is 250 g/mol. The molecule has 0 bridgehead atoms. The molecule has 1 N–H and O–H groups in total. The summed E-state index contributed by atoms with van der Waals surface area (Å²) in [7, 11) is 0. The van der Waals surface area contributed by atoms with Crippen molar-refractivity contribution in [3.05, 3.63) is 47.4 Å². The number of hydrogen-bond donors (Lipinski definition) is 1. The molecule has 0 saturated carbocycles. The number of hydrogen-bond acceptors (Lipinski definition) is 4. The summed E-state index contributed by atoms with van der Waals surface area (Å²) in [6, 6.07) is 6.31. The lowest BCUT2D eigenvalue weighted by Gasteiger charge is -1.98. The van der Waals surface area contributed by atoms with E-state index >= 15 is 0 Å². The molecule has 1 atom stereocenters. The van der Waals surface area contributed by atoms with Crippen LogP contribution in [-0.2, 0) is 12.8 Å². The summed E-state index contributed by atoms with van der Waals surface area (Å²) in [5, 5.41) is 13.0. The third-order valence-corrected chi connectivity index (χ3v) is 2.54. The van der Waals surface area contributed by atoms with Crippen LogP contribution < -0.4 is 0 Å². The first-order valence-corrected chi connectivity index (χ1v) is 5.87. The van der Waals surface area contributed by atoms with Gasteiger partial charge in [0, 0.05) is 12.8 Å². The van der Waals surface area contributed by atoms with E-state index in [0.29, 0.717) is 31.0 Å². The second kappa shape index (κ2) is 5.73. The molecule has 1 unspecified atom stereocenters. The van der Waals surface area contributed by atoms with Crippen molar-refractivity contribution in [1.29, 1.82) is 0 Å². The number of aromatic nitrogens is 2. The molecule has 1 heterocycles. The Bertz CT molecular complexity index is 511. The van der Waals surface area contributed by atoms with Gasteiger partial charge in [-0.25, -0.2) is 4.39 Å². The van der Waals surface area contributed by atoms with E-state index in [9.17, 15) is 4.39 Å². The Morgan fingerprint density at radius 3 is 3.00 bits per heavy atom. The summed E-state index contributed by atoms with van der Waals surface area (Å²) in [6.07, 6.45) is 1.19. The predicted octanol–water partition coefficient (Wildman–Crippen LogP) is 2.11. The van der Waals surface area contributed by atoms with E-state index in [-0.39, 0.29) is 11.9 Å². The van der Waals surface area contributed by atoms with Crippen LogP contribution in [0.5, 0.6) is 0 Å². The van der Waals surface area contributed by atoms with Gasteiger partial charge in [0.25, 0.3) is 0 Å². The van der Waals surface area contributed by atoms with Crippen LogP contribution in [0, 0.1) is 5.82 Å². The lowest BCUT2D eigenvalue weighted by Crippen LogP contribution is -2.01. The first-order valence-electron chi connectivity index (χ1n) is 5.87. The van der Waals surface area contributed by atoms with Gasteiger partial charge in [-0.15, -0.1) is 0 Å². The van der Waals surface area contributed by atoms with Crippen LogP contribution in [0.1, 0.15) is 30.6 Å². The van der Waals surface area contributed by atoms with Gasteiger partial charge in [-0.2, -0.15) is 4.98 Å². The molecule has 0 amide bonds. The minimum absolute atomic E-state index is 0.273. The smallest absolute Gasteiger partial charge is 0.226 e. The Labute approximate surface area is 104 Å². The van der Waals surface area contributed by atoms with Crippen molar-refractivity contribution in [2.45, 2.75) is 32.3 Å². The third-order valence-electron chi connectivity index (χ3n) is 2.54. The zero-order chi connectivity index (χ0) is 13.0. The van der Waals surface area contributed by atoms with Crippen LogP contribution in [0.15, 0.2) is 28.8 Å². The summed E-state index contributed by atoms with van der Waals surface area (Å²) >= 11 is 0. The van der Waals surface area contributed by atoms with Crippen molar-refractivity contribution in [3.8, 4) is 0 Å². The fraction of sp³-hybridized carbons (Fsp3) is 0.385. The molecule has 0 saturated heterocycles. The van der Waals surface area contributed by atoms with Crippen LogP contribution in [0.3, 0.4) is 0 Å². The fourth-order valence-electron chi connectivity index (χ4n) is 1.63. The molecule has 2 rings (SSSR count). The van der Waals surface area contributed by atoms with E-state index in [1.807, 2.05) is 6.07 Å². The Morgan fingerprint density at radius 1 is 1.44 bits per heavy atom. The number of aryl methyl sites for hydroxylation is 1. The summed E-state index contributed by atoms with van der Waals surface area (Å²) in [6.45, 7) is 1.71. The molecule has 96 valence electrons. The standard InChI is InChI=1S/C13H15FN2O2/c1-9(17)5-6-13-15-12(16-18-13)8-10-3-2-4-11(14)7-10/h2-4,7,9,17H,5-6,8H2,1H3. The maximum Gasteiger partial charge on any atom is 0.226 e. The molecule has 2 aromatic rings. The van der Waals surface area contributed by atoms with Gasteiger partial charge in [-0.1, -0.05) is 17.3 Å². The maximum atomic E-state index is 13.0. The number of aliphatic hydroxyl groups excluding tert-OH is 1. The fourth-order valence-corrected chi connectivity index (χ4v) is 1.63. The van der Waals surface area contributed by atoms with E-state index in [1.165, 1.54) is 12.1 Å². The largest absolute Gasteiger partial charge is 0.393 e. The van der Waals surface area contributed by atoms with Gasteiger partial charge in [-0.05, 0) is 31.0 Å². The van der Waals surface area contributed by atoms with Crippen molar-refractivity contribution >= 4 is 0 Å². The lowest BCUT2D eigenvalue weighted by atomic mass is 10.1. The van der Waals surface area contributed by atoms with E-state index in [1.54, 1.807) is 13.0 Å². The van der Waals surface area contributed by atoms with Gasteiger partial charge in [0.1, 0.15) is 5.82 Å². The second-order valence-corrected chi connectivity index (χ2v) is 4.30. The number of halogens is 1. The van der Waals surface area contributed by atoms with E-state index < -0.39 is 0 Å². The van der Waals surface area contributed by atoms with E-state index in [0.717, 1.165) is 5.56 Å². The van der Waals surface area contributed by atoms with Crippen LogP contribution in [-0.4, -0.2) is 21.4 Å². The first-order chi connectivity index (χ1) is 8.63. The molecule has 4 nitrogen and oxygen atoms in total. The lowest BCUT2D eigenvalue weighted by molar-refractivity contribution is 0.180. The Hall–Kier alpha value is -1.75. The molecule has 0 fully saturated rings. The zero-order valence-electron chi connectivity index (χ0n) is 10.1. The van der Waals surface area contributed by atoms with Gasteiger partial charge >= 0.3 is 0 Å². The molecule has 1 aromatic heterocycles. The van der Waals surface area contributed by atoms with E-state index in [2.05, 4.69) is 10.1 Å². The highest BCUT2D eigenvalue weighted by atomic mass is 19.1. The molecular weight excluding hydrogens is 235 g/mol. The highest BCUT2D eigenvalue weighted by Crippen LogP contribution is 2.10. The number of rotatable bonds is 5. The minimum Gasteiger partial charge on any atom is -0.393 e. The molecule has 18 heavy (non-hydrogen) atoms. The van der Waals surface area contributed by atoms with Gasteiger partial charge < -0.3 is 9.63 Å². The second-order valence-electron chi connectivity index (χ2n) is 4.30. The van der Waals surface area contributed by atoms with E-state index in [4.69, 9.17) is 9.63 Å².